The van der Waals surface area contributed by atoms with Gasteiger partial charge in [0.15, 0.2) is 0 Å². The van der Waals surface area contributed by atoms with Crippen molar-refractivity contribution in [3.8, 4) is 5.75 Å². The first-order valence-electron chi connectivity index (χ1n) is 6.33. The van der Waals surface area contributed by atoms with Crippen molar-refractivity contribution in [3.63, 3.8) is 0 Å². The molecule has 0 radical (unpaired) electrons. The van der Waals surface area contributed by atoms with Gasteiger partial charge < -0.3 is 10.1 Å². The summed E-state index contributed by atoms with van der Waals surface area (Å²) in [6, 6.07) is 5.91. The van der Waals surface area contributed by atoms with Crippen LogP contribution in [-0.4, -0.2) is 19.2 Å². The van der Waals surface area contributed by atoms with Gasteiger partial charge in [0, 0.05) is 11.6 Å². The molecule has 1 heterocycles. The van der Waals surface area contributed by atoms with Gasteiger partial charge in [0.25, 0.3) is 0 Å². The van der Waals surface area contributed by atoms with Gasteiger partial charge in [-0.2, -0.15) is 0 Å². The number of hydrogen-bond donors (Lipinski definition) is 1. The molecule has 17 heavy (non-hydrogen) atoms. The van der Waals surface area contributed by atoms with Crippen molar-refractivity contribution in [1.29, 1.82) is 0 Å². The summed E-state index contributed by atoms with van der Waals surface area (Å²) in [6.07, 6.45) is 2.62. The van der Waals surface area contributed by atoms with Crippen molar-refractivity contribution in [2.75, 3.05) is 13.1 Å². The summed E-state index contributed by atoms with van der Waals surface area (Å²) in [5, 5.41) is 4.14. The van der Waals surface area contributed by atoms with Crippen molar-refractivity contribution >= 4 is 11.6 Å². The molecule has 1 aromatic carbocycles. The van der Waals surface area contributed by atoms with E-state index in [9.17, 15) is 0 Å². The number of halogens is 1. The fourth-order valence-electron chi connectivity index (χ4n) is 2.18. The second kappa shape index (κ2) is 5.74. The first-order chi connectivity index (χ1) is 8.16. The molecule has 0 spiro atoms. The third-order valence-corrected chi connectivity index (χ3v) is 3.37. The normalized spacial score (nSPS) is 20.6. The molecule has 0 unspecified atom stereocenters. The summed E-state index contributed by atoms with van der Waals surface area (Å²) in [5.41, 5.74) is 1.20. The van der Waals surface area contributed by atoms with E-state index in [0.717, 1.165) is 30.3 Å². The molecular weight excluding hydrogens is 234 g/mol. The molecule has 1 aliphatic heterocycles. The fourth-order valence-corrected chi connectivity index (χ4v) is 2.36. The van der Waals surface area contributed by atoms with E-state index in [4.69, 9.17) is 16.3 Å². The first-order valence-corrected chi connectivity index (χ1v) is 6.71. The minimum absolute atomic E-state index is 0.294. The highest BCUT2D eigenvalue weighted by atomic mass is 35.5. The lowest BCUT2D eigenvalue weighted by Gasteiger charge is -2.25. The Labute approximate surface area is 108 Å². The largest absolute Gasteiger partial charge is 0.489 e. The number of piperidine rings is 1. The van der Waals surface area contributed by atoms with Gasteiger partial charge in [0.2, 0.25) is 0 Å². The Bertz CT molecular complexity index is 372. The van der Waals surface area contributed by atoms with E-state index in [0.29, 0.717) is 12.0 Å². The van der Waals surface area contributed by atoms with Crippen LogP contribution in [0.3, 0.4) is 0 Å². The molecule has 3 heteroatoms. The van der Waals surface area contributed by atoms with Gasteiger partial charge in [0.05, 0.1) is 0 Å². The molecule has 1 aromatic rings. The molecule has 94 valence electrons. The van der Waals surface area contributed by atoms with Crippen molar-refractivity contribution in [2.24, 2.45) is 0 Å². The van der Waals surface area contributed by atoms with E-state index in [2.05, 4.69) is 19.2 Å². The smallest absolute Gasteiger partial charge is 0.123 e. The maximum absolute atomic E-state index is 6.08. The lowest BCUT2D eigenvalue weighted by Crippen LogP contribution is -2.37. The molecule has 1 N–H and O–H groups in total. The van der Waals surface area contributed by atoms with E-state index in [-0.39, 0.29) is 0 Å². The predicted octanol–water partition coefficient (Wildman–Crippen LogP) is 3.59. The zero-order valence-electron chi connectivity index (χ0n) is 10.5. The Morgan fingerprint density at radius 1 is 1.41 bits per heavy atom. The second-order valence-electron chi connectivity index (χ2n) is 4.92. The third-order valence-electron chi connectivity index (χ3n) is 3.14. The van der Waals surface area contributed by atoms with Crippen molar-refractivity contribution < 1.29 is 4.74 Å². The maximum Gasteiger partial charge on any atom is 0.123 e. The van der Waals surface area contributed by atoms with Crippen LogP contribution in [0.25, 0.3) is 0 Å². The predicted molar refractivity (Wildman–Crippen MR) is 72.1 cm³/mol. The van der Waals surface area contributed by atoms with Crippen LogP contribution < -0.4 is 10.1 Å². The number of benzene rings is 1. The topological polar surface area (TPSA) is 21.3 Å². The minimum atomic E-state index is 0.294. The van der Waals surface area contributed by atoms with E-state index in [1.807, 2.05) is 18.2 Å². The molecule has 0 amide bonds. The van der Waals surface area contributed by atoms with E-state index < -0.39 is 0 Å². The molecule has 1 aliphatic rings. The van der Waals surface area contributed by atoms with Crippen molar-refractivity contribution in [1.82, 2.24) is 5.32 Å². The summed E-state index contributed by atoms with van der Waals surface area (Å²) in [6.45, 7) is 6.38. The van der Waals surface area contributed by atoms with Gasteiger partial charge in [-0.15, -0.1) is 0 Å². The van der Waals surface area contributed by atoms with Crippen LogP contribution in [0.4, 0.5) is 0 Å². The van der Waals surface area contributed by atoms with Gasteiger partial charge in [-0.3, -0.25) is 0 Å². The number of hydrogen-bond acceptors (Lipinski definition) is 2. The zero-order valence-corrected chi connectivity index (χ0v) is 11.3. The molecule has 0 aromatic heterocycles. The van der Waals surface area contributed by atoms with Gasteiger partial charge in [-0.1, -0.05) is 25.4 Å². The van der Waals surface area contributed by atoms with Crippen LogP contribution in [0, 0.1) is 0 Å². The third kappa shape index (κ3) is 3.36. The van der Waals surface area contributed by atoms with Crippen molar-refractivity contribution in [3.05, 3.63) is 28.8 Å². The summed E-state index contributed by atoms with van der Waals surface area (Å²) < 4.78 is 6.08. The highest BCUT2D eigenvalue weighted by Gasteiger charge is 2.17. The standard InChI is InChI=1S/C14H20ClNO/c1-10(2)13-8-11(15)5-6-14(13)17-12-4-3-7-16-9-12/h5-6,8,10,12,16H,3-4,7,9H2,1-2H3/t12-/m0/s1. The number of rotatable bonds is 3. The Hall–Kier alpha value is -0.730. The van der Waals surface area contributed by atoms with Gasteiger partial charge >= 0.3 is 0 Å². The van der Waals surface area contributed by atoms with Gasteiger partial charge in [-0.05, 0) is 49.1 Å². The Kier molecular flexibility index (Phi) is 4.30. The SMILES string of the molecule is CC(C)c1cc(Cl)ccc1O[C@H]1CCCNC1. The number of nitrogens with one attached hydrogen (secondary N) is 1. The van der Waals surface area contributed by atoms with Crippen LogP contribution in [0.5, 0.6) is 5.75 Å². The molecular formula is C14H20ClNO. The Morgan fingerprint density at radius 2 is 2.24 bits per heavy atom. The lowest BCUT2D eigenvalue weighted by molar-refractivity contribution is 0.165. The van der Waals surface area contributed by atoms with E-state index in [1.165, 1.54) is 12.0 Å². The van der Waals surface area contributed by atoms with Crippen molar-refractivity contribution in [2.45, 2.75) is 38.7 Å². The van der Waals surface area contributed by atoms with Gasteiger partial charge in [0.1, 0.15) is 11.9 Å². The summed E-state index contributed by atoms with van der Waals surface area (Å²) in [5.74, 6) is 1.42. The van der Waals surface area contributed by atoms with Crippen LogP contribution in [0.1, 0.15) is 38.2 Å². The highest BCUT2D eigenvalue weighted by molar-refractivity contribution is 6.30. The molecule has 2 nitrogen and oxygen atoms in total. The molecule has 0 saturated carbocycles. The fraction of sp³-hybridized carbons (Fsp3) is 0.571. The quantitative estimate of drug-likeness (QED) is 0.889. The molecule has 2 rings (SSSR count). The minimum Gasteiger partial charge on any atom is -0.489 e. The van der Waals surface area contributed by atoms with Crippen LogP contribution in [-0.2, 0) is 0 Å². The molecule has 1 atom stereocenters. The van der Waals surface area contributed by atoms with Crippen LogP contribution >= 0.6 is 11.6 Å². The highest BCUT2D eigenvalue weighted by Crippen LogP contribution is 2.30. The zero-order chi connectivity index (χ0) is 12.3. The van der Waals surface area contributed by atoms with E-state index >= 15 is 0 Å². The average molecular weight is 254 g/mol. The summed E-state index contributed by atoms with van der Waals surface area (Å²) in [4.78, 5) is 0. The Balaban J connectivity index is 2.13. The summed E-state index contributed by atoms with van der Waals surface area (Å²) >= 11 is 6.04. The molecule has 0 aliphatic carbocycles. The second-order valence-corrected chi connectivity index (χ2v) is 5.36. The monoisotopic (exact) mass is 253 g/mol. The van der Waals surface area contributed by atoms with E-state index in [1.54, 1.807) is 0 Å². The maximum atomic E-state index is 6.08. The molecule has 0 bridgehead atoms. The first kappa shape index (κ1) is 12.7. The average Bonchev–Trinajstić information content (AvgIpc) is 2.32. The molecule has 1 fully saturated rings. The Morgan fingerprint density at radius 3 is 2.88 bits per heavy atom. The molecule has 1 saturated heterocycles. The number of ether oxygens (including phenoxy) is 1. The van der Waals surface area contributed by atoms with Crippen LogP contribution in [0.15, 0.2) is 18.2 Å². The van der Waals surface area contributed by atoms with Crippen LogP contribution in [0.2, 0.25) is 5.02 Å². The lowest BCUT2D eigenvalue weighted by atomic mass is 10.0. The summed E-state index contributed by atoms with van der Waals surface area (Å²) in [7, 11) is 0. The van der Waals surface area contributed by atoms with Gasteiger partial charge in [-0.25, -0.2) is 0 Å².